The zero-order valence-electron chi connectivity index (χ0n) is 14.9. The first-order valence-corrected chi connectivity index (χ1v) is 10.1. The van der Waals surface area contributed by atoms with Crippen LogP contribution in [0.5, 0.6) is 0 Å². The quantitative estimate of drug-likeness (QED) is 0.584. The minimum absolute atomic E-state index is 0.263. The number of fused-ring (bicyclic) bond motifs is 1. The first-order chi connectivity index (χ1) is 11.6. The van der Waals surface area contributed by atoms with Crippen LogP contribution in [-0.4, -0.2) is 24.2 Å². The maximum Gasteiger partial charge on any atom is 0.341 e. The molecule has 0 saturated carbocycles. The van der Waals surface area contributed by atoms with Gasteiger partial charge in [-0.05, 0) is 56.3 Å². The van der Waals surface area contributed by atoms with Crippen molar-refractivity contribution < 1.29 is 9.53 Å². The molecule has 0 unspecified atom stereocenters. The summed E-state index contributed by atoms with van der Waals surface area (Å²) in [6.07, 6.45) is 8.83. The third-order valence-corrected chi connectivity index (χ3v) is 6.04. The number of esters is 1. The molecule has 0 amide bonds. The second-order valence-corrected chi connectivity index (χ2v) is 7.74. The van der Waals surface area contributed by atoms with Crippen molar-refractivity contribution in [3.05, 3.63) is 16.0 Å². The van der Waals surface area contributed by atoms with E-state index in [1.165, 1.54) is 36.8 Å². The number of methoxy groups -OCH3 is 1. The third-order valence-electron chi connectivity index (χ3n) is 4.61. The first-order valence-electron chi connectivity index (χ1n) is 8.91. The highest BCUT2D eigenvalue weighted by Crippen LogP contribution is 2.37. The van der Waals surface area contributed by atoms with Crippen LogP contribution in [0.3, 0.4) is 0 Å². The second-order valence-electron chi connectivity index (χ2n) is 6.23. The lowest BCUT2D eigenvalue weighted by Crippen LogP contribution is -2.37. The van der Waals surface area contributed by atoms with Gasteiger partial charge >= 0.3 is 5.97 Å². The van der Waals surface area contributed by atoms with Gasteiger partial charge in [-0.2, -0.15) is 0 Å². The van der Waals surface area contributed by atoms with E-state index in [0.717, 1.165) is 37.1 Å². The fourth-order valence-corrected chi connectivity index (χ4v) is 4.76. The molecule has 0 fully saturated rings. The van der Waals surface area contributed by atoms with Gasteiger partial charge in [0.2, 0.25) is 0 Å². The Morgan fingerprint density at radius 3 is 2.50 bits per heavy atom. The van der Waals surface area contributed by atoms with Crippen molar-refractivity contribution in [2.45, 2.75) is 71.3 Å². The molecule has 0 spiro atoms. The van der Waals surface area contributed by atoms with Crippen LogP contribution >= 0.6 is 23.6 Å². The standard InChI is InChI=1S/C18H28N2O2S2/c1-4-12(5-2)19-18(23)20-16-15(17(21)22-3)13-10-8-6-7-9-11-14(13)24-16/h12H,4-11H2,1-3H3,(H2,19,20,23). The Balaban J connectivity index is 2.26. The molecule has 6 heteroatoms. The molecule has 4 nitrogen and oxygen atoms in total. The molecule has 0 atom stereocenters. The van der Waals surface area contributed by atoms with Crippen LogP contribution in [0.1, 0.15) is 73.2 Å². The number of thiophene rings is 1. The molecule has 2 rings (SSSR count). The second kappa shape index (κ2) is 9.37. The van der Waals surface area contributed by atoms with E-state index in [0.29, 0.717) is 16.7 Å². The highest BCUT2D eigenvalue weighted by Gasteiger charge is 2.25. The Hall–Kier alpha value is -1.14. The maximum absolute atomic E-state index is 12.4. The molecule has 1 aliphatic rings. The third kappa shape index (κ3) is 4.70. The largest absolute Gasteiger partial charge is 0.465 e. The van der Waals surface area contributed by atoms with E-state index in [1.807, 2.05) is 0 Å². The van der Waals surface area contributed by atoms with Gasteiger partial charge in [-0.25, -0.2) is 4.79 Å². The van der Waals surface area contributed by atoms with E-state index in [4.69, 9.17) is 17.0 Å². The molecule has 1 heterocycles. The maximum atomic E-state index is 12.4. The summed E-state index contributed by atoms with van der Waals surface area (Å²) in [6, 6.07) is 0.354. The summed E-state index contributed by atoms with van der Waals surface area (Å²) in [5.74, 6) is -0.263. The number of thiocarbonyl (C=S) groups is 1. The molecule has 0 aliphatic heterocycles. The number of aryl methyl sites for hydroxylation is 1. The van der Waals surface area contributed by atoms with E-state index in [1.54, 1.807) is 11.3 Å². The number of hydrogen-bond acceptors (Lipinski definition) is 4. The summed E-state index contributed by atoms with van der Waals surface area (Å²) >= 11 is 7.11. The van der Waals surface area contributed by atoms with Crippen molar-refractivity contribution in [2.24, 2.45) is 0 Å². The van der Waals surface area contributed by atoms with Gasteiger partial charge in [0.1, 0.15) is 5.00 Å². The fraction of sp³-hybridized carbons (Fsp3) is 0.667. The van der Waals surface area contributed by atoms with E-state index >= 15 is 0 Å². The van der Waals surface area contributed by atoms with Gasteiger partial charge in [0.05, 0.1) is 12.7 Å². The molecule has 24 heavy (non-hydrogen) atoms. The van der Waals surface area contributed by atoms with E-state index < -0.39 is 0 Å². The average Bonchev–Trinajstić information content (AvgIpc) is 2.88. The van der Waals surface area contributed by atoms with Crippen molar-refractivity contribution in [3.63, 3.8) is 0 Å². The number of carbonyl (C=O) groups excluding carboxylic acids is 1. The predicted molar refractivity (Wildman–Crippen MR) is 105 cm³/mol. The van der Waals surface area contributed by atoms with Crippen LogP contribution < -0.4 is 10.6 Å². The molecule has 1 aliphatic carbocycles. The normalized spacial score (nSPS) is 14.5. The molecule has 2 N–H and O–H groups in total. The molecular weight excluding hydrogens is 340 g/mol. The van der Waals surface area contributed by atoms with E-state index in [-0.39, 0.29) is 5.97 Å². The molecule has 0 bridgehead atoms. The smallest absolute Gasteiger partial charge is 0.341 e. The Labute approximate surface area is 154 Å². The van der Waals surface area contributed by atoms with Crippen LogP contribution in [0.4, 0.5) is 5.00 Å². The molecule has 134 valence electrons. The first kappa shape index (κ1) is 19.2. The number of rotatable bonds is 5. The van der Waals surface area contributed by atoms with Gasteiger partial charge in [0, 0.05) is 10.9 Å². The summed E-state index contributed by atoms with van der Waals surface area (Å²) in [7, 11) is 1.44. The van der Waals surface area contributed by atoms with Crippen LogP contribution in [0, 0.1) is 0 Å². The van der Waals surface area contributed by atoms with Gasteiger partial charge in [-0.1, -0.05) is 26.7 Å². The summed E-state index contributed by atoms with van der Waals surface area (Å²) in [5, 5.41) is 8.01. The lowest BCUT2D eigenvalue weighted by Gasteiger charge is -2.17. The Morgan fingerprint density at radius 1 is 1.21 bits per heavy atom. The van der Waals surface area contributed by atoms with Crippen LogP contribution in [0.15, 0.2) is 0 Å². The number of carbonyl (C=O) groups is 1. The lowest BCUT2D eigenvalue weighted by atomic mass is 9.96. The number of nitrogens with one attached hydrogen (secondary N) is 2. The van der Waals surface area contributed by atoms with Crippen LogP contribution in [0.25, 0.3) is 0 Å². The van der Waals surface area contributed by atoms with Gasteiger partial charge in [0.25, 0.3) is 0 Å². The number of ether oxygens (including phenoxy) is 1. The van der Waals surface area contributed by atoms with E-state index in [2.05, 4.69) is 24.5 Å². The average molecular weight is 369 g/mol. The lowest BCUT2D eigenvalue weighted by molar-refractivity contribution is 0.0601. The molecule has 0 radical (unpaired) electrons. The topological polar surface area (TPSA) is 50.4 Å². The fourth-order valence-electron chi connectivity index (χ4n) is 3.14. The number of anilines is 1. The van der Waals surface area contributed by atoms with Crippen LogP contribution in [-0.2, 0) is 17.6 Å². The van der Waals surface area contributed by atoms with Gasteiger partial charge in [-0.3, -0.25) is 0 Å². The summed E-state index contributed by atoms with van der Waals surface area (Å²) in [5.41, 5.74) is 1.85. The van der Waals surface area contributed by atoms with Gasteiger partial charge < -0.3 is 15.4 Å². The Bertz CT molecular complexity index is 580. The molecule has 1 aromatic heterocycles. The van der Waals surface area contributed by atoms with Crippen LogP contribution in [0.2, 0.25) is 0 Å². The van der Waals surface area contributed by atoms with Gasteiger partial charge in [0.15, 0.2) is 5.11 Å². The summed E-state index contributed by atoms with van der Waals surface area (Å²) < 4.78 is 5.04. The van der Waals surface area contributed by atoms with Crippen molar-refractivity contribution in [1.29, 1.82) is 0 Å². The Morgan fingerprint density at radius 2 is 1.88 bits per heavy atom. The molecule has 0 saturated heterocycles. The number of hydrogen-bond donors (Lipinski definition) is 2. The summed E-state index contributed by atoms with van der Waals surface area (Å²) in [4.78, 5) is 13.7. The Kier molecular flexibility index (Phi) is 7.49. The van der Waals surface area contributed by atoms with Crippen molar-refractivity contribution in [3.8, 4) is 0 Å². The van der Waals surface area contributed by atoms with Gasteiger partial charge in [-0.15, -0.1) is 11.3 Å². The molecular formula is C18H28N2O2S2. The van der Waals surface area contributed by atoms with E-state index in [9.17, 15) is 4.79 Å². The van der Waals surface area contributed by atoms with Crippen molar-refractivity contribution in [2.75, 3.05) is 12.4 Å². The predicted octanol–water partition coefficient (Wildman–Crippen LogP) is 4.67. The summed E-state index contributed by atoms with van der Waals surface area (Å²) in [6.45, 7) is 4.28. The minimum Gasteiger partial charge on any atom is -0.465 e. The zero-order valence-corrected chi connectivity index (χ0v) is 16.5. The van der Waals surface area contributed by atoms with Crippen molar-refractivity contribution in [1.82, 2.24) is 5.32 Å². The molecule has 1 aromatic rings. The SMILES string of the molecule is CCC(CC)NC(=S)Nc1sc2c(c1C(=O)OC)CCCCCC2. The highest BCUT2D eigenvalue weighted by atomic mass is 32.1. The van der Waals surface area contributed by atoms with Crippen molar-refractivity contribution >= 4 is 39.6 Å². The minimum atomic E-state index is -0.263. The zero-order chi connectivity index (χ0) is 17.5. The highest BCUT2D eigenvalue weighted by molar-refractivity contribution is 7.80. The molecule has 0 aromatic carbocycles. The monoisotopic (exact) mass is 368 g/mol.